The smallest absolute Gasteiger partial charge is 0.291 e. The number of furan rings is 1. The summed E-state index contributed by atoms with van der Waals surface area (Å²) in [6.45, 7) is 0. The van der Waals surface area contributed by atoms with Crippen molar-refractivity contribution in [1.29, 1.82) is 0 Å². The van der Waals surface area contributed by atoms with Crippen LogP contribution in [0.2, 0.25) is 10.0 Å². The Labute approximate surface area is 184 Å². The molecule has 0 saturated carbocycles. The highest BCUT2D eigenvalue weighted by Gasteiger charge is 2.14. The first-order chi connectivity index (χ1) is 14.6. The summed E-state index contributed by atoms with van der Waals surface area (Å²) in [5, 5.41) is 5.36. The van der Waals surface area contributed by atoms with E-state index in [4.69, 9.17) is 27.6 Å². The fourth-order valence-corrected chi connectivity index (χ4v) is 4.65. The fraction of sp³-hybridized carbons (Fsp3) is 0.0455. The molecule has 0 atom stereocenters. The van der Waals surface area contributed by atoms with Crippen molar-refractivity contribution in [3.63, 3.8) is 0 Å². The average molecular weight is 454 g/mol. The van der Waals surface area contributed by atoms with Crippen molar-refractivity contribution < 1.29 is 4.42 Å². The predicted molar refractivity (Wildman–Crippen MR) is 119 cm³/mol. The number of nitrogens with zero attached hydrogens (tertiary/aromatic N) is 3. The highest BCUT2D eigenvalue weighted by atomic mass is 35.5. The maximum atomic E-state index is 12.7. The molecular formula is C22H13Cl2N3O2S. The molecule has 0 amide bonds. The summed E-state index contributed by atoms with van der Waals surface area (Å²) in [5.74, 6) is 1.67. The summed E-state index contributed by atoms with van der Waals surface area (Å²) in [6.07, 6.45) is 2.25. The summed E-state index contributed by atoms with van der Waals surface area (Å²) in [5.41, 5.74) is 1.49. The minimum absolute atomic E-state index is 0.226. The van der Waals surface area contributed by atoms with Crippen molar-refractivity contribution in [2.75, 3.05) is 0 Å². The van der Waals surface area contributed by atoms with Gasteiger partial charge in [0.15, 0.2) is 5.82 Å². The van der Waals surface area contributed by atoms with Crippen LogP contribution in [0, 0.1) is 0 Å². The summed E-state index contributed by atoms with van der Waals surface area (Å²) < 4.78 is 7.68. The molecule has 0 fully saturated rings. The number of fused-ring (bicyclic) bond motifs is 1. The molecule has 0 bridgehead atoms. The summed E-state index contributed by atoms with van der Waals surface area (Å²) >= 11 is 13.8. The van der Waals surface area contributed by atoms with Gasteiger partial charge in [0.2, 0.25) is 4.96 Å². The molecule has 3 heterocycles. The van der Waals surface area contributed by atoms with Gasteiger partial charge in [-0.2, -0.15) is 4.52 Å². The normalized spacial score (nSPS) is 12.1. The van der Waals surface area contributed by atoms with E-state index < -0.39 is 0 Å². The average Bonchev–Trinajstić information content (AvgIpc) is 3.41. The topological polar surface area (TPSA) is 60.4 Å². The molecule has 0 saturated heterocycles. The van der Waals surface area contributed by atoms with Crippen LogP contribution >= 0.6 is 34.5 Å². The fourth-order valence-electron chi connectivity index (χ4n) is 3.15. The van der Waals surface area contributed by atoms with Crippen LogP contribution in [-0.4, -0.2) is 14.6 Å². The maximum Gasteiger partial charge on any atom is 0.291 e. The van der Waals surface area contributed by atoms with Crippen molar-refractivity contribution in [2.24, 2.45) is 0 Å². The molecule has 5 rings (SSSR count). The van der Waals surface area contributed by atoms with E-state index >= 15 is 0 Å². The third-order valence-electron chi connectivity index (χ3n) is 4.54. The molecule has 5 aromatic rings. The molecular weight excluding hydrogens is 441 g/mol. The first kappa shape index (κ1) is 19.1. The lowest BCUT2D eigenvalue weighted by molar-refractivity contribution is 0.571. The van der Waals surface area contributed by atoms with Crippen LogP contribution in [0.15, 0.2) is 69.9 Å². The lowest BCUT2D eigenvalue weighted by Gasteiger charge is -2.02. The van der Waals surface area contributed by atoms with Gasteiger partial charge in [-0.3, -0.25) is 4.79 Å². The minimum Gasteiger partial charge on any atom is -0.457 e. The van der Waals surface area contributed by atoms with Gasteiger partial charge in [-0.05, 0) is 29.8 Å². The molecule has 2 aromatic carbocycles. The molecule has 0 spiro atoms. The van der Waals surface area contributed by atoms with E-state index in [1.54, 1.807) is 36.4 Å². The Morgan fingerprint density at radius 3 is 2.50 bits per heavy atom. The summed E-state index contributed by atoms with van der Waals surface area (Å²) in [4.78, 5) is 17.8. The quantitative estimate of drug-likeness (QED) is 0.389. The molecule has 0 N–H and O–H groups in total. The second-order valence-electron chi connectivity index (χ2n) is 6.60. The van der Waals surface area contributed by atoms with Crippen LogP contribution in [0.3, 0.4) is 0 Å². The number of thiazole rings is 1. The Balaban J connectivity index is 1.48. The van der Waals surface area contributed by atoms with Gasteiger partial charge in [0.1, 0.15) is 16.1 Å². The summed E-state index contributed by atoms with van der Waals surface area (Å²) in [6, 6.07) is 18.7. The monoisotopic (exact) mass is 453 g/mol. The largest absolute Gasteiger partial charge is 0.457 e. The summed E-state index contributed by atoms with van der Waals surface area (Å²) in [7, 11) is 0. The zero-order valence-corrected chi connectivity index (χ0v) is 17.7. The number of aromatic nitrogens is 3. The van der Waals surface area contributed by atoms with E-state index in [1.165, 1.54) is 15.9 Å². The van der Waals surface area contributed by atoms with Gasteiger partial charge < -0.3 is 4.42 Å². The lowest BCUT2D eigenvalue weighted by Crippen LogP contribution is -2.23. The highest BCUT2D eigenvalue weighted by Crippen LogP contribution is 2.35. The van der Waals surface area contributed by atoms with Crippen molar-refractivity contribution >= 4 is 45.6 Å². The van der Waals surface area contributed by atoms with Gasteiger partial charge in [-0.15, -0.1) is 5.10 Å². The predicted octanol–water partition coefficient (Wildman–Crippen LogP) is 4.86. The molecule has 0 aliphatic heterocycles. The van der Waals surface area contributed by atoms with Gasteiger partial charge in [-0.25, -0.2) is 4.98 Å². The molecule has 30 heavy (non-hydrogen) atoms. The van der Waals surface area contributed by atoms with E-state index in [-0.39, 0.29) is 5.56 Å². The Hall–Kier alpha value is -2.93. The highest BCUT2D eigenvalue weighted by molar-refractivity contribution is 7.15. The van der Waals surface area contributed by atoms with Crippen LogP contribution in [-0.2, 0) is 6.42 Å². The van der Waals surface area contributed by atoms with E-state index in [2.05, 4.69) is 10.1 Å². The maximum absolute atomic E-state index is 12.7. The second-order valence-corrected chi connectivity index (χ2v) is 8.42. The van der Waals surface area contributed by atoms with E-state index in [0.717, 1.165) is 5.56 Å². The van der Waals surface area contributed by atoms with E-state index in [9.17, 15) is 4.79 Å². The third-order valence-corrected chi connectivity index (χ3v) is 6.13. The van der Waals surface area contributed by atoms with Gasteiger partial charge in [-0.1, -0.05) is 70.9 Å². The van der Waals surface area contributed by atoms with Crippen molar-refractivity contribution in [3.8, 4) is 11.3 Å². The number of hydrogen-bond donors (Lipinski definition) is 0. The van der Waals surface area contributed by atoms with E-state index in [1.807, 2.05) is 30.3 Å². The van der Waals surface area contributed by atoms with Crippen molar-refractivity contribution in [2.45, 2.75) is 6.42 Å². The molecule has 3 aromatic heterocycles. The Morgan fingerprint density at radius 2 is 1.77 bits per heavy atom. The first-order valence-electron chi connectivity index (χ1n) is 9.07. The third kappa shape index (κ3) is 3.54. The molecule has 8 heteroatoms. The van der Waals surface area contributed by atoms with Crippen LogP contribution < -0.4 is 10.1 Å². The van der Waals surface area contributed by atoms with Crippen LogP contribution in [0.5, 0.6) is 0 Å². The van der Waals surface area contributed by atoms with Crippen molar-refractivity contribution in [1.82, 2.24) is 14.6 Å². The molecule has 0 aliphatic rings. The Kier molecular flexibility index (Phi) is 4.90. The van der Waals surface area contributed by atoms with Gasteiger partial charge >= 0.3 is 0 Å². The van der Waals surface area contributed by atoms with E-state index in [0.29, 0.717) is 48.9 Å². The molecule has 0 unspecified atom stereocenters. The number of benzene rings is 2. The first-order valence-corrected chi connectivity index (χ1v) is 10.6. The van der Waals surface area contributed by atoms with Crippen LogP contribution in [0.1, 0.15) is 17.1 Å². The molecule has 0 radical (unpaired) electrons. The second kappa shape index (κ2) is 7.72. The lowest BCUT2D eigenvalue weighted by atomic mass is 10.1. The van der Waals surface area contributed by atoms with Crippen LogP contribution in [0.4, 0.5) is 0 Å². The number of halogens is 2. The molecule has 5 nitrogen and oxygen atoms in total. The van der Waals surface area contributed by atoms with Gasteiger partial charge in [0, 0.05) is 12.5 Å². The van der Waals surface area contributed by atoms with Gasteiger partial charge in [0.05, 0.1) is 15.6 Å². The standard InChI is InChI=1S/C22H13Cl2N3O2S/c23-15-7-4-8-16(24)20(15)17-10-9-14(29-17)12-18-21(28)27-22(30-18)25-19(26-27)11-13-5-2-1-3-6-13/h1-10,12H,11H2/b18-12-. The Bertz CT molecular complexity index is 1450. The molecule has 0 aliphatic carbocycles. The zero-order valence-electron chi connectivity index (χ0n) is 15.4. The Morgan fingerprint density at radius 1 is 1.00 bits per heavy atom. The number of rotatable bonds is 4. The zero-order chi connectivity index (χ0) is 20.7. The van der Waals surface area contributed by atoms with Crippen molar-refractivity contribution in [3.05, 3.63) is 103 Å². The van der Waals surface area contributed by atoms with Gasteiger partial charge in [0.25, 0.3) is 5.56 Å². The number of hydrogen-bond acceptors (Lipinski definition) is 5. The SMILES string of the molecule is O=c1/c(=C/c2ccc(-c3c(Cl)cccc3Cl)o2)sc2nc(Cc3ccccc3)nn12. The molecule has 148 valence electrons. The minimum atomic E-state index is -0.226. The van der Waals surface area contributed by atoms with Crippen LogP contribution in [0.25, 0.3) is 22.4 Å².